The molecule has 0 heterocycles. The Hall–Kier alpha value is -0.470. The largest absolute Gasteiger partial charge is 0.392 e. The molecule has 108 valence electrons. The predicted octanol–water partition coefficient (Wildman–Crippen LogP) is 3.92. The molecule has 0 aliphatic carbocycles. The van der Waals surface area contributed by atoms with Crippen LogP contribution in [0.25, 0.3) is 0 Å². The van der Waals surface area contributed by atoms with Crippen molar-refractivity contribution in [3.8, 4) is 0 Å². The molecule has 2 atom stereocenters. The van der Waals surface area contributed by atoms with Gasteiger partial charge in [-0.15, -0.1) is 0 Å². The molecule has 0 aromatic heterocycles. The minimum absolute atomic E-state index is 0.342. The van der Waals surface area contributed by atoms with Gasteiger partial charge in [-0.1, -0.05) is 11.8 Å². The maximum atomic E-state index is 13.0. The third-order valence-electron chi connectivity index (χ3n) is 1.92. The lowest BCUT2D eigenvalue weighted by Crippen LogP contribution is -2.42. The molecular formula is C9H11F7OS. The van der Waals surface area contributed by atoms with Crippen molar-refractivity contribution in [3.63, 3.8) is 0 Å². The number of thioether (sulfide) groups is 1. The fraction of sp³-hybridized carbons (Fsp3) is 0.889. The molecule has 2 unspecified atom stereocenters. The van der Waals surface area contributed by atoms with Crippen LogP contribution in [0.1, 0.15) is 19.8 Å². The molecule has 0 rings (SSSR count). The highest BCUT2D eigenvalue weighted by atomic mass is 32.2. The third kappa shape index (κ3) is 6.46. The molecule has 0 fully saturated rings. The first-order valence-corrected chi connectivity index (χ1v) is 5.81. The molecule has 18 heavy (non-hydrogen) atoms. The Kier molecular flexibility index (Phi) is 6.45. The SMILES string of the molecule is CC(=O)SCCC(F)C(F)(F)C(F)CC(F)(F)F. The van der Waals surface area contributed by atoms with E-state index in [1.807, 2.05) is 0 Å². The summed E-state index contributed by atoms with van der Waals surface area (Å²) in [7, 11) is 0. The van der Waals surface area contributed by atoms with Crippen LogP contribution in [0.4, 0.5) is 30.7 Å². The summed E-state index contributed by atoms with van der Waals surface area (Å²) in [4.78, 5) is 10.4. The predicted molar refractivity (Wildman–Crippen MR) is 53.2 cm³/mol. The highest BCUT2D eigenvalue weighted by molar-refractivity contribution is 8.13. The zero-order valence-electron chi connectivity index (χ0n) is 9.24. The number of carbonyl (C=O) groups is 1. The number of hydrogen-bond donors (Lipinski definition) is 0. The topological polar surface area (TPSA) is 17.1 Å². The van der Waals surface area contributed by atoms with E-state index < -0.39 is 42.4 Å². The van der Waals surface area contributed by atoms with E-state index in [0.717, 1.165) is 6.92 Å². The molecule has 0 N–H and O–H groups in total. The molecule has 1 nitrogen and oxygen atoms in total. The van der Waals surface area contributed by atoms with Crippen molar-refractivity contribution in [1.82, 2.24) is 0 Å². The molecule has 0 aromatic carbocycles. The van der Waals surface area contributed by atoms with E-state index in [0.29, 0.717) is 11.8 Å². The van der Waals surface area contributed by atoms with E-state index >= 15 is 0 Å². The number of halogens is 7. The Morgan fingerprint density at radius 1 is 1.11 bits per heavy atom. The van der Waals surface area contributed by atoms with E-state index in [9.17, 15) is 35.5 Å². The van der Waals surface area contributed by atoms with Gasteiger partial charge in [-0.3, -0.25) is 4.79 Å². The molecule has 0 saturated heterocycles. The average molecular weight is 300 g/mol. The highest BCUT2D eigenvalue weighted by Crippen LogP contribution is 2.36. The molecular weight excluding hydrogens is 289 g/mol. The zero-order chi connectivity index (χ0) is 14.6. The smallest absolute Gasteiger partial charge is 0.288 e. The standard InChI is InChI=1S/C9H11F7OS/c1-5(17)18-3-2-6(10)9(15,16)7(11)4-8(12,13)14/h6-7H,2-4H2,1H3. The van der Waals surface area contributed by atoms with E-state index in [-0.39, 0.29) is 5.75 Å². The van der Waals surface area contributed by atoms with E-state index in [1.54, 1.807) is 0 Å². The summed E-state index contributed by atoms with van der Waals surface area (Å²) in [6, 6.07) is 0. The summed E-state index contributed by atoms with van der Waals surface area (Å²) in [6.07, 6.45) is -15.1. The van der Waals surface area contributed by atoms with Crippen molar-refractivity contribution < 1.29 is 35.5 Å². The quantitative estimate of drug-likeness (QED) is 0.692. The first kappa shape index (κ1) is 17.5. The first-order chi connectivity index (χ1) is 7.97. The van der Waals surface area contributed by atoms with Crippen molar-refractivity contribution >= 4 is 16.9 Å². The Morgan fingerprint density at radius 2 is 1.61 bits per heavy atom. The van der Waals surface area contributed by atoms with Crippen LogP contribution in [-0.2, 0) is 4.79 Å². The average Bonchev–Trinajstić information content (AvgIpc) is 2.13. The summed E-state index contributed by atoms with van der Waals surface area (Å²) in [5.41, 5.74) is 0. The normalized spacial score (nSPS) is 16.4. The Labute approximate surface area is 103 Å². The lowest BCUT2D eigenvalue weighted by atomic mass is 10.0. The van der Waals surface area contributed by atoms with Gasteiger partial charge in [-0.25, -0.2) is 17.6 Å². The fourth-order valence-electron chi connectivity index (χ4n) is 1.03. The van der Waals surface area contributed by atoms with Crippen molar-refractivity contribution in [2.45, 2.75) is 44.2 Å². The minimum atomic E-state index is -5.13. The second-order valence-electron chi connectivity index (χ2n) is 3.56. The van der Waals surface area contributed by atoms with Crippen molar-refractivity contribution in [3.05, 3.63) is 0 Å². The van der Waals surface area contributed by atoms with Gasteiger partial charge in [0.05, 0.1) is 6.42 Å². The van der Waals surface area contributed by atoms with Gasteiger partial charge in [-0.2, -0.15) is 13.2 Å². The summed E-state index contributed by atoms with van der Waals surface area (Å²) in [5.74, 6) is -5.06. The molecule has 0 aliphatic rings. The summed E-state index contributed by atoms with van der Waals surface area (Å²) in [6.45, 7) is 1.12. The van der Waals surface area contributed by atoms with Crippen LogP contribution >= 0.6 is 11.8 Å². The van der Waals surface area contributed by atoms with Crippen LogP contribution in [0.2, 0.25) is 0 Å². The van der Waals surface area contributed by atoms with Crippen LogP contribution < -0.4 is 0 Å². The van der Waals surface area contributed by atoms with Gasteiger partial charge in [0.1, 0.15) is 0 Å². The number of alkyl halides is 7. The van der Waals surface area contributed by atoms with Crippen LogP contribution in [0.3, 0.4) is 0 Å². The summed E-state index contributed by atoms with van der Waals surface area (Å²) in [5, 5.41) is -0.447. The van der Waals surface area contributed by atoms with E-state index in [1.165, 1.54) is 0 Å². The molecule has 0 amide bonds. The lowest BCUT2D eigenvalue weighted by molar-refractivity contribution is -0.192. The Balaban J connectivity index is 4.36. The van der Waals surface area contributed by atoms with Gasteiger partial charge in [-0.05, 0) is 6.42 Å². The van der Waals surface area contributed by atoms with Crippen LogP contribution in [0, 0.1) is 0 Å². The first-order valence-electron chi connectivity index (χ1n) is 4.83. The molecule has 0 radical (unpaired) electrons. The molecule has 0 aliphatic heterocycles. The van der Waals surface area contributed by atoms with Crippen molar-refractivity contribution in [2.75, 3.05) is 5.75 Å². The molecule has 0 bridgehead atoms. The van der Waals surface area contributed by atoms with Gasteiger partial charge in [0.25, 0.3) is 0 Å². The summed E-state index contributed by atoms with van der Waals surface area (Å²) >= 11 is 0.544. The number of carbonyl (C=O) groups excluding carboxylic acids is 1. The van der Waals surface area contributed by atoms with Crippen LogP contribution in [0.15, 0.2) is 0 Å². The maximum absolute atomic E-state index is 13.0. The van der Waals surface area contributed by atoms with Crippen molar-refractivity contribution in [1.29, 1.82) is 0 Å². The third-order valence-corrected chi connectivity index (χ3v) is 2.77. The van der Waals surface area contributed by atoms with Crippen LogP contribution in [-0.4, -0.2) is 35.3 Å². The number of rotatable bonds is 6. The summed E-state index contributed by atoms with van der Waals surface area (Å²) < 4.78 is 86.7. The van der Waals surface area contributed by atoms with Gasteiger partial charge in [0.2, 0.25) is 0 Å². The molecule has 9 heteroatoms. The fourth-order valence-corrected chi connectivity index (χ4v) is 1.65. The maximum Gasteiger partial charge on any atom is 0.392 e. The second kappa shape index (κ2) is 6.63. The Bertz CT molecular complexity index is 279. The minimum Gasteiger partial charge on any atom is -0.288 e. The van der Waals surface area contributed by atoms with Gasteiger partial charge in [0, 0.05) is 12.7 Å². The van der Waals surface area contributed by atoms with Crippen molar-refractivity contribution in [2.24, 2.45) is 0 Å². The molecule has 0 aromatic rings. The highest BCUT2D eigenvalue weighted by Gasteiger charge is 2.52. The van der Waals surface area contributed by atoms with Gasteiger partial charge in [0.15, 0.2) is 17.5 Å². The Morgan fingerprint density at radius 3 is 2.00 bits per heavy atom. The van der Waals surface area contributed by atoms with Crippen LogP contribution in [0.5, 0.6) is 0 Å². The second-order valence-corrected chi connectivity index (χ2v) is 4.83. The van der Waals surface area contributed by atoms with E-state index in [2.05, 4.69) is 0 Å². The lowest BCUT2D eigenvalue weighted by Gasteiger charge is -2.24. The molecule has 0 saturated carbocycles. The monoisotopic (exact) mass is 300 g/mol. The molecule has 0 spiro atoms. The van der Waals surface area contributed by atoms with Gasteiger partial charge < -0.3 is 0 Å². The zero-order valence-corrected chi connectivity index (χ0v) is 10.1. The van der Waals surface area contributed by atoms with Gasteiger partial charge >= 0.3 is 12.1 Å². The van der Waals surface area contributed by atoms with E-state index in [4.69, 9.17) is 0 Å². The number of hydrogen-bond acceptors (Lipinski definition) is 2.